The van der Waals surface area contributed by atoms with Gasteiger partial charge in [0.05, 0.1) is 11.0 Å². The molecule has 2 heterocycles. The van der Waals surface area contributed by atoms with E-state index in [0.29, 0.717) is 25.1 Å². The molecule has 26 heavy (non-hydrogen) atoms. The first-order valence-electron chi connectivity index (χ1n) is 8.33. The lowest BCUT2D eigenvalue weighted by Crippen LogP contribution is -2.38. The zero-order chi connectivity index (χ0) is 17.6. The van der Waals surface area contributed by atoms with Crippen molar-refractivity contribution in [3.63, 3.8) is 0 Å². The van der Waals surface area contributed by atoms with Gasteiger partial charge in [0, 0.05) is 35.5 Å². The summed E-state index contributed by atoms with van der Waals surface area (Å²) < 4.78 is 14.4. The van der Waals surface area contributed by atoms with Crippen LogP contribution in [0.5, 0.6) is 0 Å². The standard InChI is InChI=1S/C18H17FN2O3S.ClH/c19-14-4-2-1-3-13(14)17(18(22)11-5-6-11)20-8-7-15-12(10-20)9-16(25-15)21(23)24;/h1-4,9,11,17H,5-8,10H2;1H. The van der Waals surface area contributed by atoms with Gasteiger partial charge in [0.25, 0.3) is 0 Å². The van der Waals surface area contributed by atoms with E-state index in [0.717, 1.165) is 23.3 Å². The molecular formula is C18H18ClFN2O3S. The molecule has 0 spiro atoms. The van der Waals surface area contributed by atoms with E-state index in [1.54, 1.807) is 24.3 Å². The Balaban J connectivity index is 0.00000196. The highest BCUT2D eigenvalue weighted by atomic mass is 35.5. The van der Waals surface area contributed by atoms with Crippen molar-refractivity contribution in [3.05, 3.63) is 62.3 Å². The van der Waals surface area contributed by atoms with Crippen LogP contribution in [0.15, 0.2) is 30.3 Å². The summed E-state index contributed by atoms with van der Waals surface area (Å²) in [5, 5.41) is 11.1. The van der Waals surface area contributed by atoms with Crippen LogP contribution in [0.3, 0.4) is 0 Å². The summed E-state index contributed by atoms with van der Waals surface area (Å²) >= 11 is 1.20. The Morgan fingerprint density at radius 3 is 2.73 bits per heavy atom. The van der Waals surface area contributed by atoms with Gasteiger partial charge in [-0.3, -0.25) is 19.8 Å². The predicted molar refractivity (Wildman–Crippen MR) is 99.2 cm³/mol. The summed E-state index contributed by atoms with van der Waals surface area (Å²) in [6.07, 6.45) is 2.39. The van der Waals surface area contributed by atoms with Crippen LogP contribution in [0.1, 0.15) is 34.9 Å². The van der Waals surface area contributed by atoms with E-state index >= 15 is 0 Å². The van der Waals surface area contributed by atoms with Gasteiger partial charge in [-0.15, -0.1) is 12.4 Å². The monoisotopic (exact) mass is 396 g/mol. The van der Waals surface area contributed by atoms with Gasteiger partial charge in [-0.05, 0) is 30.9 Å². The molecule has 1 aliphatic heterocycles. The van der Waals surface area contributed by atoms with Crippen LogP contribution in [-0.4, -0.2) is 22.2 Å². The number of thiophene rings is 1. The fourth-order valence-corrected chi connectivity index (χ4v) is 4.44. The SMILES string of the molecule is Cl.O=C(C1CC1)C(c1ccccc1F)N1CCc2sc([N+](=O)[O-])cc2C1. The molecule has 1 aromatic carbocycles. The molecule has 1 aliphatic carbocycles. The molecule has 1 atom stereocenters. The third kappa shape index (κ3) is 3.51. The molecule has 1 unspecified atom stereocenters. The molecule has 2 aliphatic rings. The van der Waals surface area contributed by atoms with E-state index in [-0.39, 0.29) is 39.8 Å². The molecule has 1 fully saturated rings. The normalized spacial score (nSPS) is 17.9. The molecule has 4 rings (SSSR count). The van der Waals surface area contributed by atoms with Crippen LogP contribution in [0, 0.1) is 21.8 Å². The fraction of sp³-hybridized carbons (Fsp3) is 0.389. The number of ketones is 1. The number of hydrogen-bond acceptors (Lipinski definition) is 5. The highest BCUT2D eigenvalue weighted by Crippen LogP contribution is 2.41. The van der Waals surface area contributed by atoms with Gasteiger partial charge in [0.15, 0.2) is 5.78 Å². The average Bonchev–Trinajstić information content (AvgIpc) is 3.35. The number of carbonyl (C=O) groups is 1. The van der Waals surface area contributed by atoms with Gasteiger partial charge in [-0.2, -0.15) is 0 Å². The van der Waals surface area contributed by atoms with Gasteiger partial charge in [-0.25, -0.2) is 4.39 Å². The number of carbonyl (C=O) groups excluding carboxylic acids is 1. The highest BCUT2D eigenvalue weighted by Gasteiger charge is 2.40. The first-order valence-corrected chi connectivity index (χ1v) is 9.14. The van der Waals surface area contributed by atoms with Crippen LogP contribution in [-0.2, 0) is 17.8 Å². The summed E-state index contributed by atoms with van der Waals surface area (Å²) in [4.78, 5) is 26.5. The Hall–Kier alpha value is -1.83. The Kier molecular flexibility index (Phi) is 5.41. The number of fused-ring (bicyclic) bond motifs is 1. The van der Waals surface area contributed by atoms with E-state index in [9.17, 15) is 19.3 Å². The third-order valence-electron chi connectivity index (χ3n) is 4.88. The lowest BCUT2D eigenvalue weighted by Gasteiger charge is -2.34. The molecule has 5 nitrogen and oxygen atoms in total. The van der Waals surface area contributed by atoms with Crippen molar-refractivity contribution >= 4 is 34.5 Å². The van der Waals surface area contributed by atoms with E-state index in [4.69, 9.17) is 0 Å². The van der Waals surface area contributed by atoms with Crippen molar-refractivity contribution in [1.82, 2.24) is 4.90 Å². The second-order valence-electron chi connectivity index (χ2n) is 6.61. The Morgan fingerprint density at radius 1 is 1.35 bits per heavy atom. The fourth-order valence-electron chi connectivity index (χ4n) is 3.47. The maximum atomic E-state index is 14.4. The van der Waals surface area contributed by atoms with Crippen molar-refractivity contribution in [1.29, 1.82) is 0 Å². The second-order valence-corrected chi connectivity index (χ2v) is 7.73. The number of nitrogens with zero attached hydrogens (tertiary/aromatic N) is 2. The Morgan fingerprint density at radius 2 is 2.08 bits per heavy atom. The zero-order valence-corrected chi connectivity index (χ0v) is 15.5. The highest BCUT2D eigenvalue weighted by molar-refractivity contribution is 7.15. The van der Waals surface area contributed by atoms with Crippen LogP contribution in [0.2, 0.25) is 0 Å². The molecule has 1 saturated carbocycles. The predicted octanol–water partition coefficient (Wildman–Crippen LogP) is 4.30. The minimum atomic E-state index is -0.610. The van der Waals surface area contributed by atoms with Crippen molar-refractivity contribution in [2.24, 2.45) is 5.92 Å². The van der Waals surface area contributed by atoms with E-state index in [1.165, 1.54) is 17.4 Å². The van der Waals surface area contributed by atoms with Crippen LogP contribution in [0.4, 0.5) is 9.39 Å². The minimum Gasteiger partial charge on any atom is -0.297 e. The first-order chi connectivity index (χ1) is 12.0. The molecule has 0 radical (unpaired) electrons. The van der Waals surface area contributed by atoms with Crippen molar-refractivity contribution in [2.45, 2.75) is 31.8 Å². The summed E-state index contributed by atoms with van der Waals surface area (Å²) in [5.74, 6) is -0.287. The molecular weight excluding hydrogens is 379 g/mol. The van der Waals surface area contributed by atoms with Crippen LogP contribution >= 0.6 is 23.7 Å². The van der Waals surface area contributed by atoms with Crippen LogP contribution < -0.4 is 0 Å². The van der Waals surface area contributed by atoms with Crippen molar-refractivity contribution < 1.29 is 14.1 Å². The number of Topliss-reactive ketones (excluding diaryl/α,β-unsaturated/α-hetero) is 1. The van der Waals surface area contributed by atoms with Gasteiger partial charge < -0.3 is 0 Å². The molecule has 0 N–H and O–H groups in total. The number of nitro groups is 1. The minimum absolute atomic E-state index is 0. The number of hydrogen-bond donors (Lipinski definition) is 0. The van der Waals surface area contributed by atoms with Gasteiger partial charge in [0.1, 0.15) is 5.82 Å². The second kappa shape index (κ2) is 7.42. The number of halogens is 2. The Labute approximate surface area is 160 Å². The molecule has 0 saturated heterocycles. The zero-order valence-electron chi connectivity index (χ0n) is 13.9. The molecule has 8 heteroatoms. The third-order valence-corrected chi connectivity index (χ3v) is 6.07. The summed E-state index contributed by atoms with van der Waals surface area (Å²) in [7, 11) is 0. The van der Waals surface area contributed by atoms with Gasteiger partial charge >= 0.3 is 5.00 Å². The lowest BCUT2D eigenvalue weighted by molar-refractivity contribution is -0.380. The van der Waals surface area contributed by atoms with E-state index < -0.39 is 6.04 Å². The Bertz CT molecular complexity index is 853. The van der Waals surface area contributed by atoms with Crippen LogP contribution in [0.25, 0.3) is 0 Å². The smallest absolute Gasteiger partial charge is 0.297 e. The quantitative estimate of drug-likeness (QED) is 0.558. The van der Waals surface area contributed by atoms with Gasteiger partial charge in [-0.1, -0.05) is 29.5 Å². The molecule has 2 aromatic rings. The average molecular weight is 397 g/mol. The molecule has 0 bridgehead atoms. The summed E-state index contributed by atoms with van der Waals surface area (Å²) in [6, 6.07) is 7.40. The molecule has 0 amide bonds. The topological polar surface area (TPSA) is 63.5 Å². The maximum Gasteiger partial charge on any atom is 0.324 e. The van der Waals surface area contributed by atoms with Gasteiger partial charge in [0.2, 0.25) is 0 Å². The summed E-state index contributed by atoms with van der Waals surface area (Å²) in [6.45, 7) is 1.04. The maximum absolute atomic E-state index is 14.4. The summed E-state index contributed by atoms with van der Waals surface area (Å²) in [5.41, 5.74) is 1.29. The number of benzene rings is 1. The first kappa shape index (κ1) is 18.9. The van der Waals surface area contributed by atoms with Crippen molar-refractivity contribution in [3.8, 4) is 0 Å². The van der Waals surface area contributed by atoms with E-state index in [2.05, 4.69) is 0 Å². The largest absolute Gasteiger partial charge is 0.324 e. The van der Waals surface area contributed by atoms with Crippen molar-refractivity contribution in [2.75, 3.05) is 6.54 Å². The molecule has 1 aromatic heterocycles. The number of rotatable bonds is 5. The van der Waals surface area contributed by atoms with E-state index in [1.807, 2.05) is 4.90 Å². The molecule has 138 valence electrons. The lowest BCUT2D eigenvalue weighted by atomic mass is 9.95.